The third-order valence-electron chi connectivity index (χ3n) is 4.38. The van der Waals surface area contributed by atoms with E-state index >= 15 is 0 Å². The van der Waals surface area contributed by atoms with Gasteiger partial charge in [0, 0.05) is 50.8 Å². The first-order chi connectivity index (χ1) is 8.70. The molecule has 0 aliphatic carbocycles. The number of piperazine rings is 1. The van der Waals surface area contributed by atoms with Gasteiger partial charge in [-0.3, -0.25) is 4.90 Å². The molecule has 0 radical (unpaired) electrons. The molecule has 0 bridgehead atoms. The highest BCUT2D eigenvalue weighted by molar-refractivity contribution is 4.85. The van der Waals surface area contributed by atoms with Crippen LogP contribution in [0.5, 0.6) is 0 Å². The molecular formula is C14H29N3O. The Labute approximate surface area is 112 Å². The summed E-state index contributed by atoms with van der Waals surface area (Å²) in [7, 11) is 2.22. The first kappa shape index (κ1) is 14.3. The zero-order chi connectivity index (χ0) is 13.0. The van der Waals surface area contributed by atoms with Gasteiger partial charge in [0.25, 0.3) is 0 Å². The lowest BCUT2D eigenvalue weighted by atomic mass is 9.94. The number of hydrogen-bond acceptors (Lipinski definition) is 4. The molecule has 0 aromatic carbocycles. The summed E-state index contributed by atoms with van der Waals surface area (Å²) in [6, 6.07) is 1.32. The van der Waals surface area contributed by atoms with Crippen molar-refractivity contribution in [3.63, 3.8) is 0 Å². The lowest BCUT2D eigenvalue weighted by Gasteiger charge is -2.42. The summed E-state index contributed by atoms with van der Waals surface area (Å²) < 4.78 is 5.68. The fourth-order valence-corrected chi connectivity index (χ4v) is 3.26. The van der Waals surface area contributed by atoms with Crippen LogP contribution in [0, 0.1) is 5.92 Å². The number of rotatable bonds is 4. The van der Waals surface area contributed by atoms with Gasteiger partial charge in [-0.15, -0.1) is 0 Å². The monoisotopic (exact) mass is 255 g/mol. The summed E-state index contributed by atoms with van der Waals surface area (Å²) in [6.07, 6.45) is 1.17. The Hall–Kier alpha value is -0.160. The van der Waals surface area contributed by atoms with Crippen molar-refractivity contribution in [1.82, 2.24) is 15.1 Å². The van der Waals surface area contributed by atoms with Gasteiger partial charge in [-0.2, -0.15) is 0 Å². The molecule has 2 fully saturated rings. The highest BCUT2D eigenvalue weighted by Crippen LogP contribution is 2.19. The molecule has 18 heavy (non-hydrogen) atoms. The van der Waals surface area contributed by atoms with E-state index < -0.39 is 0 Å². The Morgan fingerprint density at radius 1 is 1.33 bits per heavy atom. The van der Waals surface area contributed by atoms with Crippen LogP contribution in [-0.4, -0.2) is 74.9 Å². The zero-order valence-corrected chi connectivity index (χ0v) is 12.2. The summed E-state index contributed by atoms with van der Waals surface area (Å²) in [6.45, 7) is 12.2. The Morgan fingerprint density at radius 2 is 2.17 bits per heavy atom. The summed E-state index contributed by atoms with van der Waals surface area (Å²) in [4.78, 5) is 5.07. The van der Waals surface area contributed by atoms with Crippen LogP contribution in [0.4, 0.5) is 0 Å². The SMILES string of the molecule is CCNC1CCOCC1CN1CCN(C)CC1C. The van der Waals surface area contributed by atoms with Crippen molar-refractivity contribution in [3.8, 4) is 0 Å². The minimum absolute atomic E-state index is 0.649. The second kappa shape index (κ2) is 6.85. The van der Waals surface area contributed by atoms with Crippen molar-refractivity contribution in [3.05, 3.63) is 0 Å². The van der Waals surface area contributed by atoms with Gasteiger partial charge in [0.1, 0.15) is 0 Å². The summed E-state index contributed by atoms with van der Waals surface area (Å²) in [5, 5.41) is 3.63. The molecule has 1 N–H and O–H groups in total. The van der Waals surface area contributed by atoms with Gasteiger partial charge < -0.3 is 15.0 Å². The lowest BCUT2D eigenvalue weighted by Crippen LogP contribution is -2.55. The molecule has 106 valence electrons. The first-order valence-corrected chi connectivity index (χ1v) is 7.44. The topological polar surface area (TPSA) is 27.7 Å². The van der Waals surface area contributed by atoms with Crippen molar-refractivity contribution in [2.24, 2.45) is 5.92 Å². The molecule has 0 saturated carbocycles. The largest absolute Gasteiger partial charge is 0.381 e. The Bertz CT molecular complexity index is 247. The van der Waals surface area contributed by atoms with Crippen LogP contribution < -0.4 is 5.32 Å². The maximum Gasteiger partial charge on any atom is 0.0521 e. The third-order valence-corrected chi connectivity index (χ3v) is 4.38. The predicted octanol–water partition coefficient (Wildman–Crippen LogP) is 0.637. The van der Waals surface area contributed by atoms with Gasteiger partial charge in [-0.1, -0.05) is 6.92 Å². The van der Waals surface area contributed by atoms with E-state index in [0.717, 1.165) is 19.8 Å². The molecular weight excluding hydrogens is 226 g/mol. The maximum absolute atomic E-state index is 5.68. The molecule has 4 nitrogen and oxygen atoms in total. The van der Waals surface area contributed by atoms with Crippen molar-refractivity contribution >= 4 is 0 Å². The fourth-order valence-electron chi connectivity index (χ4n) is 3.26. The second-order valence-corrected chi connectivity index (χ2v) is 5.89. The Kier molecular flexibility index (Phi) is 5.42. The van der Waals surface area contributed by atoms with E-state index in [-0.39, 0.29) is 0 Å². The van der Waals surface area contributed by atoms with Crippen LogP contribution in [-0.2, 0) is 4.74 Å². The molecule has 3 unspecified atom stereocenters. The highest BCUT2D eigenvalue weighted by Gasteiger charge is 2.30. The van der Waals surface area contributed by atoms with Gasteiger partial charge in [0.15, 0.2) is 0 Å². The summed E-state index contributed by atoms with van der Waals surface area (Å²) in [5.41, 5.74) is 0. The molecule has 2 aliphatic heterocycles. The van der Waals surface area contributed by atoms with Crippen molar-refractivity contribution in [2.75, 3.05) is 53.0 Å². The molecule has 0 amide bonds. The van der Waals surface area contributed by atoms with Crippen LogP contribution in [0.2, 0.25) is 0 Å². The first-order valence-electron chi connectivity index (χ1n) is 7.44. The number of ether oxygens (including phenoxy) is 1. The predicted molar refractivity (Wildman–Crippen MR) is 74.9 cm³/mol. The fraction of sp³-hybridized carbons (Fsp3) is 1.00. The van der Waals surface area contributed by atoms with Crippen molar-refractivity contribution in [2.45, 2.75) is 32.4 Å². The van der Waals surface area contributed by atoms with Crippen LogP contribution in [0.3, 0.4) is 0 Å². The summed E-state index contributed by atoms with van der Waals surface area (Å²) in [5.74, 6) is 0.657. The molecule has 0 spiro atoms. The van der Waals surface area contributed by atoms with Gasteiger partial charge in [-0.25, -0.2) is 0 Å². The molecule has 3 atom stereocenters. The van der Waals surface area contributed by atoms with Gasteiger partial charge in [0.05, 0.1) is 6.61 Å². The van der Waals surface area contributed by atoms with Gasteiger partial charge >= 0.3 is 0 Å². The van der Waals surface area contributed by atoms with Crippen LogP contribution >= 0.6 is 0 Å². The van der Waals surface area contributed by atoms with E-state index in [1.807, 2.05) is 0 Å². The van der Waals surface area contributed by atoms with Gasteiger partial charge in [0.2, 0.25) is 0 Å². The molecule has 2 aliphatic rings. The molecule has 2 heterocycles. The second-order valence-electron chi connectivity index (χ2n) is 5.89. The molecule has 0 aromatic heterocycles. The van der Waals surface area contributed by atoms with E-state index in [4.69, 9.17) is 4.74 Å². The number of nitrogens with one attached hydrogen (secondary N) is 1. The van der Waals surface area contributed by atoms with Crippen LogP contribution in [0.15, 0.2) is 0 Å². The van der Waals surface area contributed by atoms with Gasteiger partial charge in [-0.05, 0) is 26.9 Å². The minimum Gasteiger partial charge on any atom is -0.381 e. The Morgan fingerprint density at radius 3 is 2.89 bits per heavy atom. The lowest BCUT2D eigenvalue weighted by molar-refractivity contribution is 0.0000255. The Balaban J connectivity index is 1.86. The molecule has 2 saturated heterocycles. The molecule has 2 rings (SSSR count). The standard InChI is InChI=1S/C14H29N3O/c1-4-15-14-5-8-18-11-13(14)10-17-7-6-16(3)9-12(17)2/h12-15H,4-11H2,1-3H3. The number of hydrogen-bond donors (Lipinski definition) is 1. The van der Waals surface area contributed by atoms with E-state index in [9.17, 15) is 0 Å². The van der Waals surface area contributed by atoms with Crippen molar-refractivity contribution < 1.29 is 4.74 Å². The summed E-state index contributed by atoms with van der Waals surface area (Å²) >= 11 is 0. The normalized spacial score (nSPS) is 35.8. The number of nitrogens with zero attached hydrogens (tertiary/aromatic N) is 2. The van der Waals surface area contributed by atoms with Crippen molar-refractivity contribution in [1.29, 1.82) is 0 Å². The third kappa shape index (κ3) is 3.67. The average molecular weight is 255 g/mol. The highest BCUT2D eigenvalue weighted by atomic mass is 16.5. The van der Waals surface area contributed by atoms with E-state index in [0.29, 0.717) is 18.0 Å². The smallest absolute Gasteiger partial charge is 0.0521 e. The average Bonchev–Trinajstić information content (AvgIpc) is 2.35. The maximum atomic E-state index is 5.68. The quantitative estimate of drug-likeness (QED) is 0.798. The van der Waals surface area contributed by atoms with E-state index in [2.05, 4.69) is 36.0 Å². The van der Waals surface area contributed by atoms with E-state index in [1.165, 1.54) is 32.6 Å². The number of likely N-dealkylation sites (N-methyl/N-ethyl adjacent to an activating group) is 1. The molecule has 0 aromatic rings. The van der Waals surface area contributed by atoms with Crippen LogP contribution in [0.1, 0.15) is 20.3 Å². The van der Waals surface area contributed by atoms with E-state index in [1.54, 1.807) is 0 Å². The van der Waals surface area contributed by atoms with Crippen LogP contribution in [0.25, 0.3) is 0 Å². The molecule has 4 heteroatoms. The minimum atomic E-state index is 0.649. The zero-order valence-electron chi connectivity index (χ0n) is 12.2.